The number of nitrogens with one attached hydrogen (secondary N) is 1. The van der Waals surface area contributed by atoms with Crippen LogP contribution < -0.4 is 4.72 Å². The first-order chi connectivity index (χ1) is 9.28. The molecule has 1 N–H and O–H groups in total. The van der Waals surface area contributed by atoms with Crippen LogP contribution in [0.1, 0.15) is 5.56 Å². The fourth-order valence-corrected chi connectivity index (χ4v) is 3.37. The van der Waals surface area contributed by atoms with Gasteiger partial charge in [0.2, 0.25) is 0 Å². The number of hydrogen-bond acceptors (Lipinski definition) is 2. The van der Waals surface area contributed by atoms with Crippen LogP contribution in [0.3, 0.4) is 0 Å². The van der Waals surface area contributed by atoms with Crippen LogP contribution in [0.15, 0.2) is 45.8 Å². The van der Waals surface area contributed by atoms with E-state index in [1.165, 1.54) is 24.3 Å². The summed E-state index contributed by atoms with van der Waals surface area (Å²) in [4.78, 5) is 0.0377. The van der Waals surface area contributed by atoms with Crippen molar-refractivity contribution in [2.24, 2.45) is 0 Å². The van der Waals surface area contributed by atoms with Gasteiger partial charge in [0.1, 0.15) is 5.82 Å². The summed E-state index contributed by atoms with van der Waals surface area (Å²) in [6.45, 7) is 1.68. The van der Waals surface area contributed by atoms with Crippen LogP contribution in [0.5, 0.6) is 0 Å². The minimum atomic E-state index is -3.79. The number of anilines is 1. The maximum atomic E-state index is 13.3. The highest BCUT2D eigenvalue weighted by molar-refractivity contribution is 9.10. The van der Waals surface area contributed by atoms with Gasteiger partial charge in [0.05, 0.1) is 15.6 Å². The van der Waals surface area contributed by atoms with Crippen molar-refractivity contribution < 1.29 is 12.8 Å². The fourth-order valence-electron chi connectivity index (χ4n) is 1.65. The van der Waals surface area contributed by atoms with Crippen molar-refractivity contribution in [1.82, 2.24) is 0 Å². The second-order valence-electron chi connectivity index (χ2n) is 4.20. The summed E-state index contributed by atoms with van der Waals surface area (Å²) in [7, 11) is -3.79. The lowest BCUT2D eigenvalue weighted by Crippen LogP contribution is -2.13. The SMILES string of the molecule is Cc1cc(F)cc(NS(=O)(=O)c2ccc(Cl)c(Br)c2)c1. The third kappa shape index (κ3) is 3.50. The molecular weight excluding hydrogens is 369 g/mol. The maximum Gasteiger partial charge on any atom is 0.261 e. The van der Waals surface area contributed by atoms with Crippen LogP contribution in [0.2, 0.25) is 5.02 Å². The molecule has 0 aliphatic rings. The number of hydrogen-bond donors (Lipinski definition) is 1. The topological polar surface area (TPSA) is 46.2 Å². The van der Waals surface area contributed by atoms with Crippen molar-refractivity contribution in [3.05, 3.63) is 57.3 Å². The maximum absolute atomic E-state index is 13.3. The molecule has 7 heteroatoms. The molecule has 2 aromatic carbocycles. The molecular formula is C13H10BrClFNO2S. The van der Waals surface area contributed by atoms with Crippen molar-refractivity contribution in [3.63, 3.8) is 0 Å². The van der Waals surface area contributed by atoms with Crippen molar-refractivity contribution in [1.29, 1.82) is 0 Å². The average Bonchev–Trinajstić information content (AvgIpc) is 2.30. The van der Waals surface area contributed by atoms with Crippen molar-refractivity contribution in [2.45, 2.75) is 11.8 Å². The van der Waals surface area contributed by atoms with Crippen molar-refractivity contribution >= 4 is 43.2 Å². The summed E-state index contributed by atoms with van der Waals surface area (Å²) >= 11 is 8.98. The van der Waals surface area contributed by atoms with Crippen molar-refractivity contribution in [3.8, 4) is 0 Å². The van der Waals surface area contributed by atoms with Gasteiger partial charge < -0.3 is 0 Å². The zero-order chi connectivity index (χ0) is 14.9. The molecule has 0 unspecified atom stereocenters. The lowest BCUT2D eigenvalue weighted by Gasteiger charge is -2.09. The van der Waals surface area contributed by atoms with E-state index in [9.17, 15) is 12.8 Å². The Morgan fingerprint density at radius 3 is 2.50 bits per heavy atom. The normalized spacial score (nSPS) is 11.4. The van der Waals surface area contributed by atoms with Gasteiger partial charge in [-0.25, -0.2) is 12.8 Å². The van der Waals surface area contributed by atoms with Gasteiger partial charge in [0, 0.05) is 4.47 Å². The summed E-state index contributed by atoms with van der Waals surface area (Å²) in [6, 6.07) is 8.22. The first kappa shape index (κ1) is 15.3. The Hall–Kier alpha value is -1.11. The van der Waals surface area contributed by atoms with E-state index in [1.54, 1.807) is 13.0 Å². The molecule has 2 aromatic rings. The first-order valence-electron chi connectivity index (χ1n) is 5.53. The monoisotopic (exact) mass is 377 g/mol. The Bertz CT molecular complexity index is 745. The molecule has 0 saturated heterocycles. The summed E-state index contributed by atoms with van der Waals surface area (Å²) in [5.74, 6) is -0.500. The average molecular weight is 379 g/mol. The molecule has 0 fully saturated rings. The van der Waals surface area contributed by atoms with E-state index in [4.69, 9.17) is 11.6 Å². The van der Waals surface area contributed by atoms with Gasteiger partial charge >= 0.3 is 0 Å². The standard InChI is InChI=1S/C13H10BrClFNO2S/c1-8-4-9(16)6-10(5-8)17-20(18,19)11-2-3-13(15)12(14)7-11/h2-7,17H,1H3. The molecule has 0 atom stereocenters. The highest BCUT2D eigenvalue weighted by Gasteiger charge is 2.16. The van der Waals surface area contributed by atoms with Gasteiger partial charge in [0.25, 0.3) is 10.0 Å². The Morgan fingerprint density at radius 1 is 1.20 bits per heavy atom. The largest absolute Gasteiger partial charge is 0.280 e. The van der Waals surface area contributed by atoms with E-state index >= 15 is 0 Å². The van der Waals surface area contributed by atoms with Crippen LogP contribution in [0, 0.1) is 12.7 Å². The van der Waals surface area contributed by atoms with E-state index in [0.29, 0.717) is 15.1 Å². The lowest BCUT2D eigenvalue weighted by atomic mass is 10.2. The quantitative estimate of drug-likeness (QED) is 0.863. The molecule has 0 heterocycles. The third-order valence-corrected chi connectivity index (χ3v) is 5.09. The highest BCUT2D eigenvalue weighted by atomic mass is 79.9. The van der Waals surface area contributed by atoms with Gasteiger partial charge in [-0.2, -0.15) is 0 Å². The number of aryl methyl sites for hydroxylation is 1. The zero-order valence-electron chi connectivity index (χ0n) is 10.3. The predicted octanol–water partition coefficient (Wildman–Crippen LogP) is 4.35. The molecule has 2 rings (SSSR count). The molecule has 0 saturated carbocycles. The van der Waals surface area contributed by atoms with Gasteiger partial charge in [-0.1, -0.05) is 11.6 Å². The van der Waals surface area contributed by atoms with Crippen LogP contribution in [-0.2, 0) is 10.0 Å². The van der Waals surface area contributed by atoms with E-state index in [0.717, 1.165) is 6.07 Å². The molecule has 0 spiro atoms. The Morgan fingerprint density at radius 2 is 1.90 bits per heavy atom. The molecule has 0 aliphatic heterocycles. The lowest BCUT2D eigenvalue weighted by molar-refractivity contribution is 0.601. The highest BCUT2D eigenvalue weighted by Crippen LogP contribution is 2.26. The Labute approximate surface area is 130 Å². The molecule has 0 aromatic heterocycles. The van der Waals surface area contributed by atoms with E-state index in [2.05, 4.69) is 20.7 Å². The predicted molar refractivity (Wildman–Crippen MR) is 81.1 cm³/mol. The summed E-state index contributed by atoms with van der Waals surface area (Å²) in [6.07, 6.45) is 0. The van der Waals surface area contributed by atoms with E-state index in [-0.39, 0.29) is 10.6 Å². The Kier molecular flexibility index (Phi) is 4.36. The van der Waals surface area contributed by atoms with E-state index in [1.807, 2.05) is 0 Å². The van der Waals surface area contributed by atoms with Crippen LogP contribution >= 0.6 is 27.5 Å². The van der Waals surface area contributed by atoms with Gasteiger partial charge in [0.15, 0.2) is 0 Å². The molecule has 3 nitrogen and oxygen atoms in total. The fraction of sp³-hybridized carbons (Fsp3) is 0.0769. The van der Waals surface area contributed by atoms with Gasteiger partial charge in [-0.05, 0) is 64.8 Å². The third-order valence-electron chi connectivity index (χ3n) is 2.50. The Balaban J connectivity index is 2.37. The minimum Gasteiger partial charge on any atom is -0.280 e. The molecule has 0 amide bonds. The van der Waals surface area contributed by atoms with E-state index < -0.39 is 15.8 Å². The van der Waals surface area contributed by atoms with Gasteiger partial charge in [-0.15, -0.1) is 0 Å². The van der Waals surface area contributed by atoms with Crippen LogP contribution in [0.25, 0.3) is 0 Å². The molecule has 0 radical (unpaired) electrons. The smallest absolute Gasteiger partial charge is 0.261 e. The van der Waals surface area contributed by atoms with Crippen LogP contribution in [-0.4, -0.2) is 8.42 Å². The number of rotatable bonds is 3. The zero-order valence-corrected chi connectivity index (χ0v) is 13.5. The number of benzene rings is 2. The van der Waals surface area contributed by atoms with Crippen molar-refractivity contribution in [2.75, 3.05) is 4.72 Å². The molecule has 0 aliphatic carbocycles. The second kappa shape index (κ2) is 5.71. The first-order valence-corrected chi connectivity index (χ1v) is 8.18. The molecule has 0 bridgehead atoms. The van der Waals surface area contributed by atoms with Gasteiger partial charge in [-0.3, -0.25) is 4.72 Å². The summed E-state index contributed by atoms with van der Waals surface area (Å²) < 4.78 is 40.4. The summed E-state index contributed by atoms with van der Waals surface area (Å²) in [5, 5.41) is 0.408. The number of sulfonamides is 1. The van der Waals surface area contributed by atoms with Crippen LogP contribution in [0.4, 0.5) is 10.1 Å². The molecule has 20 heavy (non-hydrogen) atoms. The molecule has 106 valence electrons. The minimum absolute atomic E-state index is 0.0377. The second-order valence-corrected chi connectivity index (χ2v) is 7.14. The number of halogens is 3. The summed E-state index contributed by atoms with van der Waals surface area (Å²) in [5.41, 5.74) is 0.800.